The van der Waals surface area contributed by atoms with E-state index >= 15 is 0 Å². The van der Waals surface area contributed by atoms with E-state index in [0.29, 0.717) is 24.3 Å². The number of amides is 1. The maximum Gasteiger partial charge on any atom is 0.326 e. The third kappa shape index (κ3) is 7.37. The predicted octanol–water partition coefficient (Wildman–Crippen LogP) is 6.55. The Hall–Kier alpha value is -3.25. The molecule has 0 aromatic heterocycles. The van der Waals surface area contributed by atoms with Crippen LogP contribution in [-0.4, -0.2) is 35.0 Å². The summed E-state index contributed by atoms with van der Waals surface area (Å²) in [6.45, 7) is 4.84. The fraction of sp³-hybridized carbons (Fsp3) is 0.333. The molecule has 1 amide bonds. The van der Waals surface area contributed by atoms with Crippen molar-refractivity contribution in [2.75, 3.05) is 17.3 Å². The molecule has 0 aliphatic heterocycles. The lowest BCUT2D eigenvalue weighted by atomic mass is 9.93. The maximum absolute atomic E-state index is 13.3. The Morgan fingerprint density at radius 3 is 2.47 bits per heavy atom. The van der Waals surface area contributed by atoms with Gasteiger partial charge in [0.25, 0.3) is 5.91 Å². The Balaban J connectivity index is 1.90. The Morgan fingerprint density at radius 2 is 1.75 bits per heavy atom. The number of hydrogen-bond acceptors (Lipinski definition) is 4. The molecule has 0 bridgehead atoms. The van der Waals surface area contributed by atoms with Crippen LogP contribution >= 0.6 is 11.8 Å². The molecule has 0 spiro atoms. The van der Waals surface area contributed by atoms with Crippen molar-refractivity contribution in [3.05, 3.63) is 89.0 Å². The standard InChI is InChI=1S/C30H36N2O3S/c1-4-5-11-23-12-7-9-14-27(23)31-20-22-15-16-25(26(19-22)24-13-8-6-10-21(24)2)29(33)32-28(30(34)35)17-18-36-3/h6-10,12-16,19,28,31H,4-5,11,17-18,20H2,1-3H3,(H,32,33)(H,34,35)/t28-/m0/s1. The molecule has 5 nitrogen and oxygen atoms in total. The van der Waals surface area contributed by atoms with Crippen LogP contribution in [0.15, 0.2) is 66.7 Å². The fourth-order valence-corrected chi connectivity index (χ4v) is 4.67. The summed E-state index contributed by atoms with van der Waals surface area (Å²) in [6, 6.07) is 21.2. The van der Waals surface area contributed by atoms with Crippen molar-refractivity contribution in [1.82, 2.24) is 5.32 Å². The van der Waals surface area contributed by atoms with Crippen LogP contribution in [0.1, 0.15) is 53.2 Å². The van der Waals surface area contributed by atoms with Crippen LogP contribution in [-0.2, 0) is 17.8 Å². The Morgan fingerprint density at radius 1 is 1.00 bits per heavy atom. The quantitative estimate of drug-likeness (QED) is 0.246. The second-order valence-electron chi connectivity index (χ2n) is 8.95. The van der Waals surface area contributed by atoms with Crippen LogP contribution in [0.25, 0.3) is 11.1 Å². The molecule has 0 unspecified atom stereocenters. The van der Waals surface area contributed by atoms with E-state index in [4.69, 9.17) is 0 Å². The number of para-hydroxylation sites is 1. The molecule has 0 heterocycles. The average molecular weight is 505 g/mol. The molecule has 0 radical (unpaired) electrons. The highest BCUT2D eigenvalue weighted by molar-refractivity contribution is 7.98. The second kappa shape index (κ2) is 13.7. The van der Waals surface area contributed by atoms with Gasteiger partial charge in [0.05, 0.1) is 0 Å². The largest absolute Gasteiger partial charge is 0.480 e. The van der Waals surface area contributed by atoms with Crippen molar-refractivity contribution in [1.29, 1.82) is 0 Å². The number of thioether (sulfide) groups is 1. The highest BCUT2D eigenvalue weighted by Crippen LogP contribution is 2.29. The molecular weight excluding hydrogens is 468 g/mol. The van der Waals surface area contributed by atoms with Crippen molar-refractivity contribution in [3.8, 4) is 11.1 Å². The molecule has 6 heteroatoms. The minimum Gasteiger partial charge on any atom is -0.480 e. The summed E-state index contributed by atoms with van der Waals surface area (Å²) < 4.78 is 0. The number of hydrogen-bond donors (Lipinski definition) is 3. The van der Waals surface area contributed by atoms with E-state index in [1.54, 1.807) is 11.8 Å². The summed E-state index contributed by atoms with van der Waals surface area (Å²) in [6.07, 6.45) is 5.63. The third-order valence-electron chi connectivity index (χ3n) is 6.28. The predicted molar refractivity (Wildman–Crippen MR) is 151 cm³/mol. The van der Waals surface area contributed by atoms with Crippen LogP contribution in [0.5, 0.6) is 0 Å². The van der Waals surface area contributed by atoms with E-state index in [9.17, 15) is 14.7 Å². The third-order valence-corrected chi connectivity index (χ3v) is 6.92. The molecule has 3 rings (SSSR count). The van der Waals surface area contributed by atoms with Crippen molar-refractivity contribution in [2.24, 2.45) is 0 Å². The molecule has 0 saturated heterocycles. The number of nitrogens with one attached hydrogen (secondary N) is 2. The summed E-state index contributed by atoms with van der Waals surface area (Å²) in [5, 5.41) is 15.9. The number of carboxylic acid groups (broad SMARTS) is 1. The van der Waals surface area contributed by atoms with Crippen LogP contribution < -0.4 is 10.6 Å². The monoisotopic (exact) mass is 504 g/mol. The topological polar surface area (TPSA) is 78.4 Å². The van der Waals surface area contributed by atoms with Gasteiger partial charge in [-0.1, -0.05) is 61.9 Å². The number of benzene rings is 3. The van der Waals surface area contributed by atoms with E-state index in [-0.39, 0.29) is 5.91 Å². The maximum atomic E-state index is 13.3. The summed E-state index contributed by atoms with van der Waals surface area (Å²) in [7, 11) is 0. The van der Waals surface area contributed by atoms with Gasteiger partial charge >= 0.3 is 5.97 Å². The second-order valence-corrected chi connectivity index (χ2v) is 9.94. The molecule has 3 aromatic carbocycles. The Labute approximate surface area is 218 Å². The minimum absolute atomic E-state index is 0.369. The van der Waals surface area contributed by atoms with Crippen LogP contribution in [0.3, 0.4) is 0 Å². The Bertz CT molecular complexity index is 1180. The van der Waals surface area contributed by atoms with Gasteiger partial charge in [-0.05, 0) is 84.2 Å². The first-order valence-corrected chi connectivity index (χ1v) is 13.9. The van der Waals surface area contributed by atoms with Gasteiger partial charge in [0.1, 0.15) is 6.04 Å². The number of aliphatic carboxylic acids is 1. The number of rotatable bonds is 13. The van der Waals surface area contributed by atoms with E-state index in [2.05, 4.69) is 35.8 Å². The number of anilines is 1. The van der Waals surface area contributed by atoms with Gasteiger partial charge in [-0.3, -0.25) is 4.79 Å². The normalized spacial score (nSPS) is 11.6. The first kappa shape index (κ1) is 27.3. The summed E-state index contributed by atoms with van der Waals surface area (Å²) in [5.74, 6) is -0.727. The molecule has 0 aliphatic carbocycles. The smallest absolute Gasteiger partial charge is 0.326 e. The van der Waals surface area contributed by atoms with Crippen molar-refractivity contribution < 1.29 is 14.7 Å². The highest BCUT2D eigenvalue weighted by Gasteiger charge is 2.22. The van der Waals surface area contributed by atoms with Crippen LogP contribution in [0, 0.1) is 6.92 Å². The number of aryl methyl sites for hydroxylation is 2. The van der Waals surface area contributed by atoms with Gasteiger partial charge in [0.15, 0.2) is 0 Å². The lowest BCUT2D eigenvalue weighted by Crippen LogP contribution is -2.41. The first-order valence-electron chi connectivity index (χ1n) is 12.5. The molecule has 36 heavy (non-hydrogen) atoms. The summed E-state index contributed by atoms with van der Waals surface area (Å²) in [4.78, 5) is 25.0. The van der Waals surface area contributed by atoms with Gasteiger partial charge in [-0.25, -0.2) is 4.79 Å². The van der Waals surface area contributed by atoms with E-state index in [1.807, 2.05) is 61.7 Å². The van der Waals surface area contributed by atoms with Crippen molar-refractivity contribution in [2.45, 2.75) is 52.1 Å². The highest BCUT2D eigenvalue weighted by atomic mass is 32.2. The lowest BCUT2D eigenvalue weighted by Gasteiger charge is -2.18. The molecule has 0 aliphatic rings. The van der Waals surface area contributed by atoms with E-state index in [0.717, 1.165) is 47.2 Å². The van der Waals surface area contributed by atoms with Crippen LogP contribution in [0.2, 0.25) is 0 Å². The minimum atomic E-state index is -1.02. The zero-order chi connectivity index (χ0) is 25.9. The molecule has 3 aromatic rings. The molecule has 0 fully saturated rings. The number of unbranched alkanes of at least 4 members (excludes halogenated alkanes) is 1. The zero-order valence-electron chi connectivity index (χ0n) is 21.3. The molecular formula is C30H36N2O3S. The Kier molecular flexibility index (Phi) is 10.4. The number of carboxylic acids is 1. The lowest BCUT2D eigenvalue weighted by molar-refractivity contribution is -0.139. The summed E-state index contributed by atoms with van der Waals surface area (Å²) >= 11 is 1.56. The van der Waals surface area contributed by atoms with E-state index in [1.165, 1.54) is 5.56 Å². The molecule has 3 N–H and O–H groups in total. The molecule has 0 saturated carbocycles. The summed E-state index contributed by atoms with van der Waals surface area (Å²) in [5.41, 5.74) is 6.78. The number of carbonyl (C=O) groups is 2. The van der Waals surface area contributed by atoms with Gasteiger partial charge in [-0.2, -0.15) is 11.8 Å². The van der Waals surface area contributed by atoms with E-state index < -0.39 is 12.0 Å². The van der Waals surface area contributed by atoms with Gasteiger partial charge in [0, 0.05) is 17.8 Å². The fourth-order valence-electron chi connectivity index (χ4n) is 4.20. The van der Waals surface area contributed by atoms with Crippen molar-refractivity contribution >= 4 is 29.3 Å². The number of carbonyl (C=O) groups excluding carboxylic acids is 1. The zero-order valence-corrected chi connectivity index (χ0v) is 22.2. The molecule has 1 atom stereocenters. The van der Waals surface area contributed by atoms with Gasteiger partial charge in [0.2, 0.25) is 0 Å². The van der Waals surface area contributed by atoms with Crippen molar-refractivity contribution in [3.63, 3.8) is 0 Å². The molecule has 190 valence electrons. The SMILES string of the molecule is CCCCc1ccccc1NCc1ccc(C(=O)N[C@@H](CCSC)C(=O)O)c(-c2ccccc2C)c1. The van der Waals surface area contributed by atoms with Gasteiger partial charge < -0.3 is 15.7 Å². The first-order chi connectivity index (χ1) is 17.4. The average Bonchev–Trinajstić information content (AvgIpc) is 2.89. The van der Waals surface area contributed by atoms with Gasteiger partial charge in [-0.15, -0.1) is 0 Å². The van der Waals surface area contributed by atoms with Crippen LogP contribution in [0.4, 0.5) is 5.69 Å².